The van der Waals surface area contributed by atoms with E-state index < -0.39 is 0 Å². The molecule has 122 valence electrons. The van der Waals surface area contributed by atoms with E-state index in [1.807, 2.05) is 43.5 Å². The van der Waals surface area contributed by atoms with Crippen molar-refractivity contribution >= 4 is 28.3 Å². The number of guanidine groups is 1. The van der Waals surface area contributed by atoms with Crippen LogP contribution in [0, 0.1) is 0 Å². The molecule has 0 bridgehead atoms. The fourth-order valence-electron chi connectivity index (χ4n) is 2.52. The fraction of sp³-hybridized carbons (Fsp3) is 0.111. The van der Waals surface area contributed by atoms with Gasteiger partial charge in [0.2, 0.25) is 5.96 Å². The van der Waals surface area contributed by atoms with E-state index in [1.165, 1.54) is 5.56 Å². The minimum atomic E-state index is -0.0561. The van der Waals surface area contributed by atoms with Gasteiger partial charge >= 0.3 is 0 Å². The summed E-state index contributed by atoms with van der Waals surface area (Å²) >= 11 is 0. The maximum Gasteiger partial charge on any atom is 0.211 e. The van der Waals surface area contributed by atoms with Crippen molar-refractivity contribution in [2.45, 2.75) is 13.5 Å². The van der Waals surface area contributed by atoms with Crippen molar-refractivity contribution in [3.05, 3.63) is 65.9 Å². The van der Waals surface area contributed by atoms with Crippen LogP contribution >= 0.6 is 0 Å². The van der Waals surface area contributed by atoms with Crippen LogP contribution < -0.4 is 16.8 Å². The van der Waals surface area contributed by atoms with Crippen LogP contribution in [0.1, 0.15) is 18.1 Å². The lowest BCUT2D eigenvalue weighted by molar-refractivity contribution is 1.15. The standard InChI is InChI=1S/C18H20N6/c1-12(23-24-18(19)20)16-11-22-17-8-7-14(9-15(16)17)21-10-13-5-3-2-4-6-13/h2-9,11,21-22H,10H2,1H3,(H4,19,20,24)/b23-12+. The molecular weight excluding hydrogens is 300 g/mol. The van der Waals surface area contributed by atoms with Crippen LogP contribution in [0.15, 0.2) is 64.9 Å². The number of fused-ring (bicyclic) bond motifs is 1. The first kappa shape index (κ1) is 15.6. The summed E-state index contributed by atoms with van der Waals surface area (Å²) in [5.41, 5.74) is 15.7. The molecule has 0 amide bonds. The monoisotopic (exact) mass is 320 g/mol. The van der Waals surface area contributed by atoms with Gasteiger partial charge in [-0.15, -0.1) is 5.10 Å². The Morgan fingerprint density at radius 3 is 2.62 bits per heavy atom. The fourth-order valence-corrected chi connectivity index (χ4v) is 2.52. The largest absolute Gasteiger partial charge is 0.381 e. The van der Waals surface area contributed by atoms with Crippen molar-refractivity contribution in [3.8, 4) is 0 Å². The van der Waals surface area contributed by atoms with Crippen LogP contribution in [0.2, 0.25) is 0 Å². The summed E-state index contributed by atoms with van der Waals surface area (Å²) in [6.07, 6.45) is 1.91. The molecule has 0 spiro atoms. The Morgan fingerprint density at radius 2 is 1.88 bits per heavy atom. The highest BCUT2D eigenvalue weighted by atomic mass is 15.3. The molecule has 6 N–H and O–H groups in total. The predicted octanol–water partition coefficient (Wildman–Crippen LogP) is 2.78. The van der Waals surface area contributed by atoms with Crippen LogP contribution in [0.3, 0.4) is 0 Å². The summed E-state index contributed by atoms with van der Waals surface area (Å²) < 4.78 is 0. The third-order valence-electron chi connectivity index (χ3n) is 3.73. The topological polar surface area (TPSA) is 105 Å². The lowest BCUT2D eigenvalue weighted by atomic mass is 10.1. The Hall–Kier alpha value is -3.28. The van der Waals surface area contributed by atoms with Gasteiger partial charge in [0, 0.05) is 34.9 Å². The highest BCUT2D eigenvalue weighted by molar-refractivity contribution is 6.10. The van der Waals surface area contributed by atoms with Crippen LogP contribution in [0.4, 0.5) is 5.69 Å². The SMILES string of the molecule is C/C(=N\N=C(N)N)c1c[nH]c2ccc(NCc3ccccc3)cc12. The van der Waals surface area contributed by atoms with E-state index in [4.69, 9.17) is 11.5 Å². The number of hydrogen-bond acceptors (Lipinski definition) is 3. The second-order valence-electron chi connectivity index (χ2n) is 5.51. The summed E-state index contributed by atoms with van der Waals surface area (Å²) in [4.78, 5) is 3.24. The van der Waals surface area contributed by atoms with Gasteiger partial charge in [0.15, 0.2) is 0 Å². The molecule has 0 saturated heterocycles. The van der Waals surface area contributed by atoms with Gasteiger partial charge in [-0.2, -0.15) is 5.10 Å². The van der Waals surface area contributed by atoms with Crippen molar-refractivity contribution in [3.63, 3.8) is 0 Å². The average molecular weight is 320 g/mol. The molecular formula is C18H20N6. The lowest BCUT2D eigenvalue weighted by Crippen LogP contribution is -2.22. The summed E-state index contributed by atoms with van der Waals surface area (Å²) in [7, 11) is 0. The number of hydrogen-bond donors (Lipinski definition) is 4. The van der Waals surface area contributed by atoms with Gasteiger partial charge in [-0.05, 0) is 30.7 Å². The van der Waals surface area contributed by atoms with Gasteiger partial charge in [-0.25, -0.2) is 0 Å². The predicted molar refractivity (Wildman–Crippen MR) is 100 cm³/mol. The van der Waals surface area contributed by atoms with Crippen LogP contribution in [-0.2, 0) is 6.54 Å². The maximum atomic E-state index is 5.33. The number of anilines is 1. The summed E-state index contributed by atoms with van der Waals surface area (Å²) in [6, 6.07) is 16.5. The summed E-state index contributed by atoms with van der Waals surface area (Å²) in [6.45, 7) is 2.65. The van der Waals surface area contributed by atoms with E-state index in [0.29, 0.717) is 0 Å². The molecule has 6 heteroatoms. The quantitative estimate of drug-likeness (QED) is 0.330. The normalized spacial score (nSPS) is 11.5. The molecule has 1 aromatic heterocycles. The molecule has 0 aliphatic carbocycles. The Labute approximate surface area is 140 Å². The highest BCUT2D eigenvalue weighted by Crippen LogP contribution is 2.23. The maximum absolute atomic E-state index is 5.33. The molecule has 0 aliphatic rings. The van der Waals surface area contributed by atoms with Crippen LogP contribution in [0.5, 0.6) is 0 Å². The summed E-state index contributed by atoms with van der Waals surface area (Å²) in [5, 5.41) is 12.3. The molecule has 2 aromatic carbocycles. The number of benzene rings is 2. The van der Waals surface area contributed by atoms with Gasteiger partial charge < -0.3 is 21.8 Å². The molecule has 0 atom stereocenters. The van der Waals surface area contributed by atoms with Gasteiger partial charge in [-0.1, -0.05) is 30.3 Å². The van der Waals surface area contributed by atoms with Gasteiger partial charge in [0.05, 0.1) is 5.71 Å². The molecule has 3 rings (SSSR count). The Morgan fingerprint density at radius 1 is 1.08 bits per heavy atom. The smallest absolute Gasteiger partial charge is 0.211 e. The number of aromatic nitrogens is 1. The number of nitrogens with zero attached hydrogens (tertiary/aromatic N) is 2. The van der Waals surface area contributed by atoms with Crippen LogP contribution in [0.25, 0.3) is 10.9 Å². The molecule has 3 aromatic rings. The number of nitrogens with one attached hydrogen (secondary N) is 2. The van der Waals surface area contributed by atoms with Gasteiger partial charge in [0.1, 0.15) is 0 Å². The molecule has 0 aliphatic heterocycles. The zero-order valence-corrected chi connectivity index (χ0v) is 13.5. The average Bonchev–Trinajstić information content (AvgIpc) is 3.02. The highest BCUT2D eigenvalue weighted by Gasteiger charge is 2.07. The first-order valence-electron chi connectivity index (χ1n) is 7.66. The number of H-pyrrole nitrogens is 1. The minimum Gasteiger partial charge on any atom is -0.381 e. The zero-order chi connectivity index (χ0) is 16.9. The van der Waals surface area contributed by atoms with Gasteiger partial charge in [0.25, 0.3) is 0 Å². The van der Waals surface area contributed by atoms with Crippen molar-refractivity contribution in [1.82, 2.24) is 4.98 Å². The van der Waals surface area contributed by atoms with Crippen molar-refractivity contribution in [2.75, 3.05) is 5.32 Å². The Bertz CT molecular complexity index is 888. The molecule has 24 heavy (non-hydrogen) atoms. The molecule has 0 unspecified atom stereocenters. The summed E-state index contributed by atoms with van der Waals surface area (Å²) in [5.74, 6) is -0.0561. The molecule has 1 heterocycles. The first-order chi connectivity index (χ1) is 11.6. The zero-order valence-electron chi connectivity index (χ0n) is 13.5. The van der Waals surface area contributed by atoms with E-state index in [2.05, 4.69) is 38.7 Å². The third-order valence-corrected chi connectivity index (χ3v) is 3.73. The second kappa shape index (κ2) is 6.87. The molecule has 0 saturated carbocycles. The number of aromatic amines is 1. The molecule has 0 radical (unpaired) electrons. The van der Waals surface area contributed by atoms with Crippen molar-refractivity contribution in [1.29, 1.82) is 0 Å². The second-order valence-corrected chi connectivity index (χ2v) is 5.51. The van der Waals surface area contributed by atoms with E-state index >= 15 is 0 Å². The van der Waals surface area contributed by atoms with E-state index in [0.717, 1.165) is 34.4 Å². The van der Waals surface area contributed by atoms with E-state index in [9.17, 15) is 0 Å². The minimum absolute atomic E-state index is 0.0561. The van der Waals surface area contributed by atoms with Crippen LogP contribution in [-0.4, -0.2) is 16.7 Å². The third kappa shape index (κ3) is 3.55. The molecule has 0 fully saturated rings. The van der Waals surface area contributed by atoms with Gasteiger partial charge in [-0.3, -0.25) is 0 Å². The number of nitrogens with two attached hydrogens (primary N) is 2. The first-order valence-corrected chi connectivity index (χ1v) is 7.66. The van der Waals surface area contributed by atoms with E-state index in [1.54, 1.807) is 0 Å². The lowest BCUT2D eigenvalue weighted by Gasteiger charge is -2.07. The molecule has 6 nitrogen and oxygen atoms in total. The Kier molecular flexibility index (Phi) is 4.47. The number of rotatable bonds is 5. The van der Waals surface area contributed by atoms with Crippen molar-refractivity contribution in [2.24, 2.45) is 21.7 Å². The Balaban J connectivity index is 1.86. The van der Waals surface area contributed by atoms with Crippen molar-refractivity contribution < 1.29 is 0 Å². The van der Waals surface area contributed by atoms with E-state index in [-0.39, 0.29) is 5.96 Å².